The fourth-order valence-corrected chi connectivity index (χ4v) is 3.90. The van der Waals surface area contributed by atoms with E-state index in [4.69, 9.17) is 5.11 Å². The number of carbonyl (C=O) groups is 3. The van der Waals surface area contributed by atoms with Crippen LogP contribution in [-0.2, 0) is 4.79 Å². The lowest BCUT2D eigenvalue weighted by atomic mass is 9.88. The lowest BCUT2D eigenvalue weighted by Gasteiger charge is -2.33. The van der Waals surface area contributed by atoms with Gasteiger partial charge in [0.15, 0.2) is 0 Å². The van der Waals surface area contributed by atoms with Crippen LogP contribution in [0.3, 0.4) is 0 Å². The summed E-state index contributed by atoms with van der Waals surface area (Å²) in [5.41, 5.74) is -0.308. The van der Waals surface area contributed by atoms with Crippen LogP contribution in [0.2, 0.25) is 0 Å². The number of carbonyl (C=O) groups excluding carboxylic acids is 2. The number of hydrogen-bond acceptors (Lipinski definition) is 3. The van der Waals surface area contributed by atoms with Crippen molar-refractivity contribution < 1.29 is 23.9 Å². The Labute approximate surface area is 157 Å². The molecule has 1 aromatic rings. The Morgan fingerprint density at radius 3 is 2.30 bits per heavy atom. The minimum Gasteiger partial charge on any atom is -0.478 e. The number of carboxylic acids is 1. The maximum atomic E-state index is 14.1. The molecule has 27 heavy (non-hydrogen) atoms. The van der Waals surface area contributed by atoms with Crippen molar-refractivity contribution in [2.24, 2.45) is 5.92 Å². The fourth-order valence-electron chi connectivity index (χ4n) is 3.90. The van der Waals surface area contributed by atoms with Gasteiger partial charge >= 0.3 is 5.97 Å². The summed E-state index contributed by atoms with van der Waals surface area (Å²) < 4.78 is 14.1. The summed E-state index contributed by atoms with van der Waals surface area (Å²) in [7, 11) is 0. The number of likely N-dealkylation sites (tertiary alicyclic amines) is 1. The van der Waals surface area contributed by atoms with Crippen molar-refractivity contribution in [3.8, 4) is 0 Å². The molecule has 2 aliphatic rings. The number of carboxylic acid groups (broad SMARTS) is 1. The molecule has 6 nitrogen and oxygen atoms in total. The lowest BCUT2D eigenvalue weighted by molar-refractivity contribution is -0.126. The summed E-state index contributed by atoms with van der Waals surface area (Å²) in [5, 5.41) is 12.0. The largest absolute Gasteiger partial charge is 0.478 e. The van der Waals surface area contributed by atoms with E-state index in [0.717, 1.165) is 31.7 Å². The number of hydrogen-bond donors (Lipinski definition) is 2. The predicted molar refractivity (Wildman–Crippen MR) is 97.0 cm³/mol. The monoisotopic (exact) mass is 376 g/mol. The van der Waals surface area contributed by atoms with Crippen molar-refractivity contribution in [3.05, 3.63) is 35.1 Å². The van der Waals surface area contributed by atoms with Crippen LogP contribution in [0.5, 0.6) is 0 Å². The van der Waals surface area contributed by atoms with Crippen LogP contribution < -0.4 is 5.32 Å². The second-order valence-corrected chi connectivity index (χ2v) is 7.41. The van der Waals surface area contributed by atoms with Gasteiger partial charge in [0.25, 0.3) is 5.91 Å². The lowest BCUT2D eigenvalue weighted by Crippen LogP contribution is -2.48. The van der Waals surface area contributed by atoms with Crippen LogP contribution in [-0.4, -0.2) is 46.9 Å². The zero-order chi connectivity index (χ0) is 19.4. The summed E-state index contributed by atoms with van der Waals surface area (Å²) in [4.78, 5) is 37.3. The topological polar surface area (TPSA) is 86.7 Å². The normalized spacial score (nSPS) is 18.9. The van der Waals surface area contributed by atoms with Gasteiger partial charge in [-0.05, 0) is 43.9 Å². The highest BCUT2D eigenvalue weighted by Gasteiger charge is 2.28. The van der Waals surface area contributed by atoms with Crippen LogP contribution in [0, 0.1) is 11.7 Å². The summed E-state index contributed by atoms with van der Waals surface area (Å²) in [6.07, 6.45) is 6.60. The Morgan fingerprint density at radius 1 is 1.04 bits per heavy atom. The standard InChI is InChI=1S/C20H25FN2O4/c21-17-12-14(20(26)27)6-7-16(17)19(25)23-10-8-15(9-11-23)22-18(24)13-4-2-1-3-5-13/h6-7,12-13,15H,1-5,8-11H2,(H,22,24)(H,26,27). The molecule has 2 N–H and O–H groups in total. The minimum absolute atomic E-state index is 0.0442. The van der Waals surface area contributed by atoms with Gasteiger partial charge in [0.1, 0.15) is 5.82 Å². The van der Waals surface area contributed by atoms with Crippen molar-refractivity contribution in [2.75, 3.05) is 13.1 Å². The number of amides is 2. The summed E-state index contributed by atoms with van der Waals surface area (Å²) >= 11 is 0. The van der Waals surface area contributed by atoms with E-state index in [0.29, 0.717) is 25.9 Å². The molecule has 7 heteroatoms. The number of benzene rings is 1. The van der Waals surface area contributed by atoms with E-state index < -0.39 is 17.7 Å². The fraction of sp³-hybridized carbons (Fsp3) is 0.550. The van der Waals surface area contributed by atoms with Crippen LogP contribution >= 0.6 is 0 Å². The van der Waals surface area contributed by atoms with Crippen molar-refractivity contribution in [1.29, 1.82) is 0 Å². The highest BCUT2D eigenvalue weighted by molar-refractivity contribution is 5.96. The Morgan fingerprint density at radius 2 is 1.70 bits per heavy atom. The Hall–Kier alpha value is -2.44. The SMILES string of the molecule is O=C(O)c1ccc(C(=O)N2CCC(NC(=O)C3CCCCC3)CC2)c(F)c1. The first-order valence-electron chi connectivity index (χ1n) is 9.58. The van der Waals surface area contributed by atoms with E-state index in [-0.39, 0.29) is 29.0 Å². The quantitative estimate of drug-likeness (QED) is 0.846. The molecule has 1 saturated heterocycles. The van der Waals surface area contributed by atoms with E-state index >= 15 is 0 Å². The molecule has 0 bridgehead atoms. The van der Waals surface area contributed by atoms with Crippen molar-refractivity contribution in [1.82, 2.24) is 10.2 Å². The third-order valence-corrected chi connectivity index (χ3v) is 5.55. The van der Waals surface area contributed by atoms with Gasteiger partial charge in [-0.2, -0.15) is 0 Å². The van der Waals surface area contributed by atoms with Gasteiger partial charge in [-0.1, -0.05) is 19.3 Å². The molecule has 146 valence electrons. The molecule has 2 amide bonds. The summed E-state index contributed by atoms with van der Waals surface area (Å²) in [6, 6.07) is 3.36. The first kappa shape index (κ1) is 19.3. The average molecular weight is 376 g/mol. The molecule has 0 atom stereocenters. The average Bonchev–Trinajstić information content (AvgIpc) is 2.68. The van der Waals surface area contributed by atoms with Crippen molar-refractivity contribution in [3.63, 3.8) is 0 Å². The number of aromatic carboxylic acids is 1. The van der Waals surface area contributed by atoms with Crippen LogP contribution in [0.1, 0.15) is 65.7 Å². The third-order valence-electron chi connectivity index (χ3n) is 5.55. The first-order chi connectivity index (χ1) is 13.0. The van der Waals surface area contributed by atoms with E-state index in [2.05, 4.69) is 5.32 Å². The number of nitrogens with one attached hydrogen (secondary N) is 1. The first-order valence-corrected chi connectivity index (χ1v) is 9.58. The van der Waals surface area contributed by atoms with Gasteiger partial charge in [-0.3, -0.25) is 9.59 Å². The second kappa shape index (κ2) is 8.50. The molecule has 1 aliphatic heterocycles. The van der Waals surface area contributed by atoms with Gasteiger partial charge < -0.3 is 15.3 Å². The van der Waals surface area contributed by atoms with Crippen LogP contribution in [0.15, 0.2) is 18.2 Å². The van der Waals surface area contributed by atoms with E-state index in [9.17, 15) is 18.8 Å². The smallest absolute Gasteiger partial charge is 0.335 e. The Balaban J connectivity index is 1.53. The third kappa shape index (κ3) is 4.64. The molecule has 0 spiro atoms. The Bertz CT molecular complexity index is 723. The van der Waals surface area contributed by atoms with E-state index in [1.807, 2.05) is 0 Å². The van der Waals surface area contributed by atoms with Gasteiger partial charge in [-0.25, -0.2) is 9.18 Å². The summed E-state index contributed by atoms with van der Waals surface area (Å²) in [5.74, 6) is -2.27. The molecule has 0 unspecified atom stereocenters. The maximum Gasteiger partial charge on any atom is 0.335 e. The predicted octanol–water partition coefficient (Wildman–Crippen LogP) is 2.83. The van der Waals surface area contributed by atoms with Crippen molar-refractivity contribution >= 4 is 17.8 Å². The van der Waals surface area contributed by atoms with Gasteiger partial charge in [0.05, 0.1) is 11.1 Å². The molecule has 0 aromatic heterocycles. The number of halogens is 1. The molecular weight excluding hydrogens is 351 g/mol. The minimum atomic E-state index is -1.23. The number of rotatable bonds is 4. The zero-order valence-electron chi connectivity index (χ0n) is 15.2. The van der Waals surface area contributed by atoms with E-state index in [1.54, 1.807) is 4.90 Å². The highest BCUT2D eigenvalue weighted by Crippen LogP contribution is 2.24. The highest BCUT2D eigenvalue weighted by atomic mass is 19.1. The molecule has 3 rings (SSSR count). The molecule has 0 radical (unpaired) electrons. The maximum absolute atomic E-state index is 14.1. The second-order valence-electron chi connectivity index (χ2n) is 7.41. The zero-order valence-corrected chi connectivity index (χ0v) is 15.2. The Kier molecular flexibility index (Phi) is 6.08. The number of piperidine rings is 1. The van der Waals surface area contributed by atoms with Gasteiger partial charge in [0.2, 0.25) is 5.91 Å². The summed E-state index contributed by atoms with van der Waals surface area (Å²) in [6.45, 7) is 0.878. The molecule has 1 aliphatic carbocycles. The van der Waals surface area contributed by atoms with Gasteiger partial charge in [0, 0.05) is 25.0 Å². The molecule has 1 saturated carbocycles. The molecular formula is C20H25FN2O4. The van der Waals surface area contributed by atoms with Crippen LogP contribution in [0.25, 0.3) is 0 Å². The molecule has 2 fully saturated rings. The van der Waals surface area contributed by atoms with Gasteiger partial charge in [-0.15, -0.1) is 0 Å². The van der Waals surface area contributed by atoms with E-state index in [1.165, 1.54) is 18.6 Å². The number of nitrogens with zero attached hydrogens (tertiary/aromatic N) is 1. The molecule has 1 heterocycles. The molecule has 1 aromatic carbocycles. The van der Waals surface area contributed by atoms with Crippen LogP contribution in [0.4, 0.5) is 4.39 Å². The van der Waals surface area contributed by atoms with Crippen molar-refractivity contribution in [2.45, 2.75) is 51.0 Å².